The predicted octanol–water partition coefficient (Wildman–Crippen LogP) is 2.25. The van der Waals surface area contributed by atoms with E-state index in [1.807, 2.05) is 41.2 Å². The molecular formula is C20H26N4O2. The van der Waals surface area contributed by atoms with Gasteiger partial charge in [-0.15, -0.1) is 0 Å². The second-order valence-electron chi connectivity index (χ2n) is 6.97. The van der Waals surface area contributed by atoms with Crippen LogP contribution in [-0.4, -0.2) is 34.7 Å². The van der Waals surface area contributed by atoms with Crippen molar-refractivity contribution in [2.75, 3.05) is 18.0 Å². The summed E-state index contributed by atoms with van der Waals surface area (Å²) in [7, 11) is 0. The van der Waals surface area contributed by atoms with E-state index in [0.29, 0.717) is 13.1 Å². The van der Waals surface area contributed by atoms with Gasteiger partial charge in [0.15, 0.2) is 0 Å². The van der Waals surface area contributed by atoms with Crippen molar-refractivity contribution in [3.05, 3.63) is 48.3 Å². The van der Waals surface area contributed by atoms with Crippen LogP contribution in [0.3, 0.4) is 0 Å². The first-order chi connectivity index (χ1) is 12.6. The number of rotatable bonds is 7. The average molecular weight is 354 g/mol. The zero-order valence-corrected chi connectivity index (χ0v) is 15.4. The molecule has 0 spiro atoms. The third-order valence-electron chi connectivity index (χ3n) is 4.84. The maximum Gasteiger partial charge on any atom is 0.227 e. The molecule has 0 radical (unpaired) electrons. The Bertz CT molecular complexity index is 757. The van der Waals surface area contributed by atoms with E-state index in [-0.39, 0.29) is 30.1 Å². The Kier molecular flexibility index (Phi) is 5.71. The molecule has 138 valence electrons. The lowest BCUT2D eigenvalue weighted by Crippen LogP contribution is -2.36. The summed E-state index contributed by atoms with van der Waals surface area (Å²) >= 11 is 0. The van der Waals surface area contributed by atoms with Crippen molar-refractivity contribution in [3.8, 4) is 0 Å². The van der Waals surface area contributed by atoms with Crippen LogP contribution in [0.15, 0.2) is 42.7 Å². The summed E-state index contributed by atoms with van der Waals surface area (Å²) < 4.78 is 1.86. The van der Waals surface area contributed by atoms with Crippen LogP contribution >= 0.6 is 0 Å². The lowest BCUT2D eigenvalue weighted by molar-refractivity contribution is -0.126. The lowest BCUT2D eigenvalue weighted by Gasteiger charge is -2.20. The van der Waals surface area contributed by atoms with E-state index >= 15 is 0 Å². The van der Waals surface area contributed by atoms with Crippen LogP contribution in [-0.2, 0) is 22.6 Å². The van der Waals surface area contributed by atoms with Gasteiger partial charge in [-0.25, -0.2) is 0 Å². The summed E-state index contributed by atoms with van der Waals surface area (Å²) in [6.45, 7) is 5.94. The number of nitrogens with zero attached hydrogens (tertiary/aromatic N) is 3. The normalized spacial score (nSPS) is 18.2. The van der Waals surface area contributed by atoms with E-state index in [2.05, 4.69) is 24.3 Å². The number of benzene rings is 1. The maximum atomic E-state index is 12.5. The summed E-state index contributed by atoms with van der Waals surface area (Å²) in [4.78, 5) is 26.7. The highest BCUT2D eigenvalue weighted by atomic mass is 16.2. The molecule has 1 aliphatic heterocycles. The topological polar surface area (TPSA) is 67.2 Å². The van der Waals surface area contributed by atoms with E-state index in [1.54, 1.807) is 11.1 Å². The average Bonchev–Trinajstić information content (AvgIpc) is 3.29. The van der Waals surface area contributed by atoms with Gasteiger partial charge in [0, 0.05) is 44.1 Å². The number of amides is 2. The molecule has 1 saturated heterocycles. The van der Waals surface area contributed by atoms with Gasteiger partial charge < -0.3 is 10.2 Å². The Morgan fingerprint density at radius 1 is 1.35 bits per heavy atom. The number of aryl methyl sites for hydroxylation is 1. The fourth-order valence-electron chi connectivity index (χ4n) is 3.40. The van der Waals surface area contributed by atoms with Crippen LogP contribution in [0.4, 0.5) is 5.69 Å². The number of carbonyl (C=O) groups excluding carboxylic acids is 2. The van der Waals surface area contributed by atoms with Crippen LogP contribution in [0.5, 0.6) is 0 Å². The molecule has 3 rings (SSSR count). The second-order valence-corrected chi connectivity index (χ2v) is 6.97. The third kappa shape index (κ3) is 4.12. The second kappa shape index (κ2) is 8.17. The molecule has 1 aromatic carbocycles. The molecule has 2 heterocycles. The molecule has 1 aromatic heterocycles. The zero-order valence-electron chi connectivity index (χ0n) is 15.4. The first-order valence-corrected chi connectivity index (χ1v) is 9.22. The predicted molar refractivity (Wildman–Crippen MR) is 101 cm³/mol. The molecular weight excluding hydrogens is 328 g/mol. The van der Waals surface area contributed by atoms with Gasteiger partial charge >= 0.3 is 0 Å². The van der Waals surface area contributed by atoms with Crippen molar-refractivity contribution in [1.29, 1.82) is 0 Å². The minimum absolute atomic E-state index is 0.0237. The molecule has 1 fully saturated rings. The molecule has 0 aliphatic carbocycles. The number of nitrogens with one attached hydrogen (secondary N) is 1. The van der Waals surface area contributed by atoms with Crippen LogP contribution in [0, 0.1) is 11.8 Å². The third-order valence-corrected chi connectivity index (χ3v) is 4.84. The minimum Gasteiger partial charge on any atom is -0.355 e. The highest BCUT2D eigenvalue weighted by Gasteiger charge is 2.35. The summed E-state index contributed by atoms with van der Waals surface area (Å²) in [6.07, 6.45) is 4.80. The van der Waals surface area contributed by atoms with Gasteiger partial charge in [-0.05, 0) is 30.0 Å². The van der Waals surface area contributed by atoms with E-state index in [9.17, 15) is 9.59 Å². The summed E-state index contributed by atoms with van der Waals surface area (Å²) in [5, 5.41) is 7.18. The monoisotopic (exact) mass is 354 g/mol. The Hall–Kier alpha value is -2.63. The molecule has 1 N–H and O–H groups in total. The molecule has 6 nitrogen and oxygen atoms in total. The first kappa shape index (κ1) is 18.2. The number of hydrogen-bond donors (Lipinski definition) is 1. The largest absolute Gasteiger partial charge is 0.355 e. The van der Waals surface area contributed by atoms with E-state index in [1.165, 1.54) is 0 Å². The number of para-hydroxylation sites is 1. The summed E-state index contributed by atoms with van der Waals surface area (Å²) in [5.74, 6) is -0.0324. The molecule has 0 saturated carbocycles. The minimum atomic E-state index is -0.288. The molecule has 2 atom stereocenters. The number of anilines is 1. The number of hydrogen-bond acceptors (Lipinski definition) is 3. The van der Waals surface area contributed by atoms with Crippen molar-refractivity contribution >= 4 is 17.5 Å². The number of carbonyl (C=O) groups is 2. The Balaban J connectivity index is 1.55. The summed E-state index contributed by atoms with van der Waals surface area (Å²) in [5.41, 5.74) is 2.07. The fraction of sp³-hybridized carbons (Fsp3) is 0.450. The van der Waals surface area contributed by atoms with Gasteiger partial charge in [0.2, 0.25) is 11.8 Å². The van der Waals surface area contributed by atoms with Crippen molar-refractivity contribution in [2.24, 2.45) is 11.8 Å². The summed E-state index contributed by atoms with van der Waals surface area (Å²) in [6, 6.07) is 9.80. The Morgan fingerprint density at radius 3 is 2.88 bits per heavy atom. The van der Waals surface area contributed by atoms with Gasteiger partial charge in [-0.1, -0.05) is 32.0 Å². The van der Waals surface area contributed by atoms with Crippen LogP contribution in [0.1, 0.15) is 25.8 Å². The lowest BCUT2D eigenvalue weighted by atomic mass is 10.1. The number of aromatic nitrogens is 2. The standard InChI is InChI=1S/C20H26N4O2/c1-3-16-7-4-5-8-18(16)24-14-17(11-19(24)25)20(26)21-12-15(2)13-23-10-6-9-22-23/h4-10,15,17H,3,11-14H2,1-2H3,(H,21,26)/t15-,17+/m0/s1. The molecule has 26 heavy (non-hydrogen) atoms. The highest BCUT2D eigenvalue weighted by Crippen LogP contribution is 2.28. The Morgan fingerprint density at radius 2 is 2.15 bits per heavy atom. The van der Waals surface area contributed by atoms with Crippen molar-refractivity contribution in [3.63, 3.8) is 0 Å². The van der Waals surface area contributed by atoms with Gasteiger partial charge in [0.25, 0.3) is 0 Å². The first-order valence-electron chi connectivity index (χ1n) is 9.22. The maximum absolute atomic E-state index is 12.5. The van der Waals surface area contributed by atoms with Crippen LogP contribution < -0.4 is 10.2 Å². The fourth-order valence-corrected chi connectivity index (χ4v) is 3.40. The van der Waals surface area contributed by atoms with Crippen molar-refractivity contribution in [1.82, 2.24) is 15.1 Å². The van der Waals surface area contributed by atoms with Gasteiger partial charge in [-0.3, -0.25) is 14.3 Å². The molecule has 1 aliphatic rings. The van der Waals surface area contributed by atoms with Crippen LogP contribution in [0.2, 0.25) is 0 Å². The molecule has 2 amide bonds. The van der Waals surface area contributed by atoms with Crippen LogP contribution in [0.25, 0.3) is 0 Å². The van der Waals surface area contributed by atoms with Gasteiger partial charge in [-0.2, -0.15) is 5.10 Å². The molecule has 6 heteroatoms. The highest BCUT2D eigenvalue weighted by molar-refractivity contribution is 6.00. The van der Waals surface area contributed by atoms with Crippen molar-refractivity contribution < 1.29 is 9.59 Å². The molecule has 2 aromatic rings. The van der Waals surface area contributed by atoms with Gasteiger partial charge in [0.05, 0.1) is 5.92 Å². The smallest absolute Gasteiger partial charge is 0.227 e. The molecule has 0 unspecified atom stereocenters. The van der Waals surface area contributed by atoms with Crippen molar-refractivity contribution in [2.45, 2.75) is 33.2 Å². The Labute approximate surface area is 154 Å². The SMILES string of the molecule is CCc1ccccc1N1C[C@H](C(=O)NC[C@H](C)Cn2cccn2)CC1=O. The quantitative estimate of drug-likeness (QED) is 0.829. The van der Waals surface area contributed by atoms with Gasteiger partial charge in [0.1, 0.15) is 0 Å². The van der Waals surface area contributed by atoms with E-state index in [4.69, 9.17) is 0 Å². The van der Waals surface area contributed by atoms with E-state index < -0.39 is 0 Å². The van der Waals surface area contributed by atoms with E-state index in [0.717, 1.165) is 24.2 Å². The zero-order chi connectivity index (χ0) is 18.5. The molecule has 0 bridgehead atoms.